The van der Waals surface area contributed by atoms with Gasteiger partial charge in [0, 0.05) is 5.56 Å². The molecular formula is C18H18O2Si. The molecule has 1 aromatic heterocycles. The van der Waals surface area contributed by atoms with Crippen LogP contribution in [-0.4, -0.2) is 8.07 Å². The largest absolute Gasteiger partial charge is 0.432 e. The average molecular weight is 294 g/mol. The van der Waals surface area contributed by atoms with Crippen LogP contribution in [0.3, 0.4) is 0 Å². The van der Waals surface area contributed by atoms with Gasteiger partial charge in [-0.3, -0.25) is 0 Å². The van der Waals surface area contributed by atoms with Crippen LogP contribution in [-0.2, 0) is 0 Å². The third-order valence-electron chi connectivity index (χ3n) is 3.58. The molecular weight excluding hydrogens is 276 g/mol. The molecule has 0 radical (unpaired) electrons. The van der Waals surface area contributed by atoms with Crippen molar-refractivity contribution in [2.24, 2.45) is 0 Å². The Morgan fingerprint density at radius 1 is 0.810 bits per heavy atom. The van der Waals surface area contributed by atoms with Crippen LogP contribution in [0.15, 0.2) is 63.8 Å². The Balaban J connectivity index is 2.50. The van der Waals surface area contributed by atoms with Crippen LogP contribution in [0.5, 0.6) is 0 Å². The summed E-state index contributed by atoms with van der Waals surface area (Å²) in [6.45, 7) is 6.60. The standard InChI is InChI=1S/C18H18O2Si/c1-21(2,3)18-16(13-9-5-4-6-10-13)14-11-7-8-12-15(14)17(19)20-18/h4-12H,1-3H3. The predicted molar refractivity (Wildman–Crippen MR) is 90.9 cm³/mol. The maximum Gasteiger partial charge on any atom is 0.343 e. The predicted octanol–water partition coefficient (Wildman–Crippen LogP) is 4.01. The van der Waals surface area contributed by atoms with Gasteiger partial charge >= 0.3 is 5.63 Å². The van der Waals surface area contributed by atoms with Crippen LogP contribution in [0.25, 0.3) is 21.9 Å². The van der Waals surface area contributed by atoms with Gasteiger partial charge in [-0.15, -0.1) is 0 Å². The molecule has 0 saturated carbocycles. The lowest BCUT2D eigenvalue weighted by atomic mass is 10.0. The third-order valence-corrected chi connectivity index (χ3v) is 5.30. The van der Waals surface area contributed by atoms with Gasteiger partial charge in [-0.05, 0) is 17.0 Å². The van der Waals surface area contributed by atoms with Gasteiger partial charge in [0.15, 0.2) is 0 Å². The first-order chi connectivity index (χ1) is 9.98. The van der Waals surface area contributed by atoms with Crippen LogP contribution in [0.1, 0.15) is 0 Å². The molecule has 0 fully saturated rings. The van der Waals surface area contributed by atoms with Crippen molar-refractivity contribution in [3.8, 4) is 11.1 Å². The zero-order valence-electron chi connectivity index (χ0n) is 12.5. The van der Waals surface area contributed by atoms with Crippen molar-refractivity contribution in [1.82, 2.24) is 0 Å². The summed E-state index contributed by atoms with van der Waals surface area (Å²) in [5.41, 5.74) is 1.95. The van der Waals surface area contributed by atoms with Gasteiger partial charge in [-0.25, -0.2) is 4.79 Å². The minimum Gasteiger partial charge on any atom is -0.432 e. The van der Waals surface area contributed by atoms with Crippen molar-refractivity contribution in [1.29, 1.82) is 0 Å². The van der Waals surface area contributed by atoms with E-state index in [1.54, 1.807) is 0 Å². The van der Waals surface area contributed by atoms with Crippen molar-refractivity contribution in [3.63, 3.8) is 0 Å². The number of benzene rings is 2. The lowest BCUT2D eigenvalue weighted by molar-refractivity contribution is 0.551. The fourth-order valence-electron chi connectivity index (χ4n) is 2.62. The molecule has 0 N–H and O–H groups in total. The van der Waals surface area contributed by atoms with E-state index in [1.165, 1.54) is 0 Å². The molecule has 0 aliphatic heterocycles. The maximum atomic E-state index is 12.3. The molecule has 0 unspecified atom stereocenters. The summed E-state index contributed by atoms with van der Waals surface area (Å²) in [6.07, 6.45) is 0. The zero-order valence-corrected chi connectivity index (χ0v) is 13.5. The Labute approximate surface area is 125 Å². The summed E-state index contributed by atoms with van der Waals surface area (Å²) < 4.78 is 5.75. The van der Waals surface area contributed by atoms with Crippen molar-refractivity contribution >= 4 is 24.2 Å². The smallest absolute Gasteiger partial charge is 0.343 e. The van der Waals surface area contributed by atoms with Gasteiger partial charge in [0.25, 0.3) is 0 Å². The zero-order chi connectivity index (χ0) is 15.0. The van der Waals surface area contributed by atoms with E-state index in [-0.39, 0.29) is 5.63 Å². The second-order valence-electron chi connectivity index (χ2n) is 6.26. The number of hydrogen-bond donors (Lipinski definition) is 0. The van der Waals surface area contributed by atoms with E-state index >= 15 is 0 Å². The van der Waals surface area contributed by atoms with Crippen molar-refractivity contribution in [2.45, 2.75) is 19.6 Å². The SMILES string of the molecule is C[Si](C)(C)c1oc(=O)c2ccccc2c1-c1ccccc1. The van der Waals surface area contributed by atoms with Crippen molar-refractivity contribution in [3.05, 3.63) is 65.0 Å². The van der Waals surface area contributed by atoms with Gasteiger partial charge in [0.05, 0.1) is 10.8 Å². The molecule has 0 bridgehead atoms. The first-order valence-electron chi connectivity index (χ1n) is 7.10. The average Bonchev–Trinajstić information content (AvgIpc) is 2.47. The minimum absolute atomic E-state index is 0.234. The second kappa shape index (κ2) is 5.01. The fraction of sp³-hybridized carbons (Fsp3) is 0.167. The number of hydrogen-bond acceptors (Lipinski definition) is 2. The number of fused-ring (bicyclic) bond motifs is 1. The molecule has 1 heterocycles. The molecule has 21 heavy (non-hydrogen) atoms. The van der Waals surface area contributed by atoms with Crippen LogP contribution in [0.2, 0.25) is 19.6 Å². The molecule has 3 rings (SSSR count). The van der Waals surface area contributed by atoms with Crippen molar-refractivity contribution < 1.29 is 4.42 Å². The highest BCUT2D eigenvalue weighted by Gasteiger charge is 2.27. The Bertz CT molecular complexity index is 842. The van der Waals surface area contributed by atoms with Gasteiger partial charge in [0.1, 0.15) is 8.07 Å². The summed E-state index contributed by atoms with van der Waals surface area (Å²) in [5.74, 6) is 0. The summed E-state index contributed by atoms with van der Waals surface area (Å²) >= 11 is 0. The van der Waals surface area contributed by atoms with Gasteiger partial charge in [-0.1, -0.05) is 68.2 Å². The van der Waals surface area contributed by atoms with Crippen molar-refractivity contribution in [2.75, 3.05) is 0 Å². The van der Waals surface area contributed by atoms with E-state index < -0.39 is 8.07 Å². The summed E-state index contributed by atoms with van der Waals surface area (Å²) in [6, 6.07) is 17.9. The van der Waals surface area contributed by atoms with Crippen LogP contribution in [0, 0.1) is 0 Å². The first kappa shape index (κ1) is 13.8. The molecule has 0 atom stereocenters. The van der Waals surface area contributed by atoms with Crippen LogP contribution >= 0.6 is 0 Å². The molecule has 0 spiro atoms. The first-order valence-corrected chi connectivity index (χ1v) is 10.6. The van der Waals surface area contributed by atoms with Gasteiger partial charge < -0.3 is 4.42 Å². The molecule has 3 heteroatoms. The molecule has 0 aliphatic rings. The summed E-state index contributed by atoms with van der Waals surface area (Å²) in [4.78, 5) is 12.3. The maximum absolute atomic E-state index is 12.3. The van der Waals surface area contributed by atoms with E-state index in [4.69, 9.17) is 4.42 Å². The monoisotopic (exact) mass is 294 g/mol. The highest BCUT2D eigenvalue weighted by molar-refractivity contribution is 6.88. The Hall–Kier alpha value is -2.13. The van der Waals surface area contributed by atoms with Gasteiger partial charge in [0.2, 0.25) is 0 Å². The molecule has 0 saturated heterocycles. The summed E-state index contributed by atoms with van der Waals surface area (Å²) in [7, 11) is -1.78. The minimum atomic E-state index is -1.78. The fourth-order valence-corrected chi connectivity index (χ4v) is 4.05. The molecule has 0 amide bonds. The number of rotatable bonds is 2. The van der Waals surface area contributed by atoms with E-state index in [0.717, 1.165) is 21.9 Å². The highest BCUT2D eigenvalue weighted by Crippen LogP contribution is 2.27. The Kier molecular flexibility index (Phi) is 3.30. The quantitative estimate of drug-likeness (QED) is 0.669. The molecule has 2 nitrogen and oxygen atoms in total. The van der Waals surface area contributed by atoms with E-state index in [1.807, 2.05) is 42.5 Å². The van der Waals surface area contributed by atoms with E-state index in [9.17, 15) is 4.79 Å². The molecule has 2 aromatic carbocycles. The third kappa shape index (κ3) is 2.45. The summed E-state index contributed by atoms with van der Waals surface area (Å²) in [5, 5.41) is 2.51. The van der Waals surface area contributed by atoms with Crippen LogP contribution < -0.4 is 11.0 Å². The molecule has 0 aliphatic carbocycles. The highest BCUT2D eigenvalue weighted by atomic mass is 28.3. The lowest BCUT2D eigenvalue weighted by Gasteiger charge is -2.20. The van der Waals surface area contributed by atoms with E-state index in [0.29, 0.717) is 5.39 Å². The Morgan fingerprint density at radius 3 is 2.00 bits per heavy atom. The van der Waals surface area contributed by atoms with Crippen LogP contribution in [0.4, 0.5) is 0 Å². The van der Waals surface area contributed by atoms with Gasteiger partial charge in [-0.2, -0.15) is 0 Å². The molecule has 106 valence electrons. The normalized spacial score (nSPS) is 11.8. The van der Waals surface area contributed by atoms with E-state index in [2.05, 4.69) is 31.8 Å². The molecule has 3 aromatic rings. The lowest BCUT2D eigenvalue weighted by Crippen LogP contribution is -2.41. The Morgan fingerprint density at radius 2 is 1.38 bits per heavy atom. The second-order valence-corrected chi connectivity index (χ2v) is 11.2. The topological polar surface area (TPSA) is 30.2 Å².